The Kier molecular flexibility index (Phi) is 6.35. The molecule has 6 heteroatoms. The van der Waals surface area contributed by atoms with E-state index in [4.69, 9.17) is 4.74 Å². The highest BCUT2D eigenvalue weighted by molar-refractivity contribution is 9.10. The number of aryl methyl sites for hydroxylation is 1. The standard InChI is InChI=1S/C12H20BrN3O2/c1-4-18-7-5-6-14-12(17)10(3)16-8-11(13)9(2)15-16/h8,10H,4-7H2,1-3H3,(H,14,17). The molecule has 5 nitrogen and oxygen atoms in total. The number of amides is 1. The van der Waals surface area contributed by atoms with Crippen LogP contribution in [0.2, 0.25) is 0 Å². The lowest BCUT2D eigenvalue weighted by molar-refractivity contribution is -0.124. The van der Waals surface area contributed by atoms with Gasteiger partial charge in [0.25, 0.3) is 0 Å². The van der Waals surface area contributed by atoms with Crippen LogP contribution in [0.5, 0.6) is 0 Å². The highest BCUT2D eigenvalue weighted by Gasteiger charge is 2.16. The summed E-state index contributed by atoms with van der Waals surface area (Å²) in [5, 5.41) is 7.15. The van der Waals surface area contributed by atoms with E-state index in [1.165, 1.54) is 0 Å². The molecule has 0 bridgehead atoms. The largest absolute Gasteiger partial charge is 0.382 e. The minimum atomic E-state index is -0.304. The van der Waals surface area contributed by atoms with Crippen molar-refractivity contribution in [3.8, 4) is 0 Å². The molecule has 1 amide bonds. The Hall–Kier alpha value is -0.880. The van der Waals surface area contributed by atoms with Gasteiger partial charge in [-0.15, -0.1) is 0 Å². The number of halogens is 1. The Morgan fingerprint density at radius 3 is 2.94 bits per heavy atom. The van der Waals surface area contributed by atoms with E-state index in [2.05, 4.69) is 26.3 Å². The number of carbonyl (C=O) groups excluding carboxylic acids is 1. The van der Waals surface area contributed by atoms with Gasteiger partial charge in [-0.1, -0.05) is 0 Å². The summed E-state index contributed by atoms with van der Waals surface area (Å²) < 4.78 is 7.78. The monoisotopic (exact) mass is 317 g/mol. The summed E-state index contributed by atoms with van der Waals surface area (Å²) in [6.07, 6.45) is 2.65. The summed E-state index contributed by atoms with van der Waals surface area (Å²) in [5.41, 5.74) is 0.881. The average molecular weight is 318 g/mol. The maximum atomic E-state index is 11.9. The normalized spacial score (nSPS) is 12.4. The first kappa shape index (κ1) is 15.2. The zero-order valence-corrected chi connectivity index (χ0v) is 12.7. The van der Waals surface area contributed by atoms with E-state index in [-0.39, 0.29) is 11.9 Å². The average Bonchev–Trinajstić information content (AvgIpc) is 2.68. The molecule has 0 aliphatic rings. The lowest BCUT2D eigenvalue weighted by Gasteiger charge is -2.12. The van der Waals surface area contributed by atoms with Crippen LogP contribution in [-0.2, 0) is 9.53 Å². The number of nitrogens with one attached hydrogen (secondary N) is 1. The van der Waals surface area contributed by atoms with Crippen molar-refractivity contribution >= 4 is 21.8 Å². The molecule has 1 unspecified atom stereocenters. The fourth-order valence-electron chi connectivity index (χ4n) is 1.46. The van der Waals surface area contributed by atoms with Gasteiger partial charge >= 0.3 is 0 Å². The second kappa shape index (κ2) is 7.53. The molecule has 1 aromatic heterocycles. The predicted molar refractivity (Wildman–Crippen MR) is 73.5 cm³/mol. The Morgan fingerprint density at radius 2 is 2.39 bits per heavy atom. The minimum Gasteiger partial charge on any atom is -0.382 e. The molecule has 0 saturated heterocycles. The predicted octanol–water partition coefficient (Wildman–Crippen LogP) is 2.06. The lowest BCUT2D eigenvalue weighted by Crippen LogP contribution is -2.32. The van der Waals surface area contributed by atoms with Crippen molar-refractivity contribution in [1.29, 1.82) is 0 Å². The van der Waals surface area contributed by atoms with E-state index in [9.17, 15) is 4.79 Å². The van der Waals surface area contributed by atoms with E-state index in [0.29, 0.717) is 19.8 Å². The zero-order chi connectivity index (χ0) is 13.5. The van der Waals surface area contributed by atoms with Gasteiger partial charge in [-0.3, -0.25) is 9.48 Å². The molecule has 102 valence electrons. The smallest absolute Gasteiger partial charge is 0.244 e. The molecule has 0 aliphatic carbocycles. The van der Waals surface area contributed by atoms with Crippen LogP contribution in [0.1, 0.15) is 32.0 Å². The van der Waals surface area contributed by atoms with Crippen LogP contribution in [0.15, 0.2) is 10.7 Å². The van der Waals surface area contributed by atoms with Gasteiger partial charge in [0.2, 0.25) is 5.91 Å². The number of nitrogens with zero attached hydrogens (tertiary/aromatic N) is 2. The molecule has 1 rings (SSSR count). The van der Waals surface area contributed by atoms with Crippen LogP contribution >= 0.6 is 15.9 Å². The third-order valence-corrected chi connectivity index (χ3v) is 3.38. The molecule has 0 saturated carbocycles. The number of aromatic nitrogens is 2. The first-order valence-electron chi connectivity index (χ1n) is 6.13. The highest BCUT2D eigenvalue weighted by atomic mass is 79.9. The van der Waals surface area contributed by atoms with Crippen LogP contribution in [-0.4, -0.2) is 35.4 Å². The fraction of sp³-hybridized carbons (Fsp3) is 0.667. The van der Waals surface area contributed by atoms with E-state index in [1.807, 2.05) is 27.0 Å². The number of hydrogen-bond acceptors (Lipinski definition) is 3. The minimum absolute atomic E-state index is 0.0264. The first-order chi connectivity index (χ1) is 8.56. The van der Waals surface area contributed by atoms with Crippen molar-refractivity contribution in [2.75, 3.05) is 19.8 Å². The number of ether oxygens (including phenoxy) is 1. The van der Waals surface area contributed by atoms with Crippen molar-refractivity contribution in [2.24, 2.45) is 0 Å². The van der Waals surface area contributed by atoms with Crippen molar-refractivity contribution in [2.45, 2.75) is 33.2 Å². The van der Waals surface area contributed by atoms with Crippen molar-refractivity contribution < 1.29 is 9.53 Å². The van der Waals surface area contributed by atoms with Gasteiger partial charge in [0.1, 0.15) is 6.04 Å². The summed E-state index contributed by atoms with van der Waals surface area (Å²) in [4.78, 5) is 11.9. The third kappa shape index (κ3) is 4.42. The van der Waals surface area contributed by atoms with Crippen LogP contribution in [0.3, 0.4) is 0 Å². The molecular formula is C12H20BrN3O2. The Balaban J connectivity index is 2.37. The topological polar surface area (TPSA) is 56.1 Å². The molecule has 0 aliphatic heterocycles. The molecule has 0 radical (unpaired) electrons. The number of carbonyl (C=O) groups is 1. The van der Waals surface area contributed by atoms with E-state index in [1.54, 1.807) is 4.68 Å². The molecule has 0 fully saturated rings. The van der Waals surface area contributed by atoms with Crippen molar-refractivity contribution in [3.63, 3.8) is 0 Å². The molecule has 0 aromatic carbocycles. The summed E-state index contributed by atoms with van der Waals surface area (Å²) in [6, 6.07) is -0.304. The van der Waals surface area contributed by atoms with Crippen molar-refractivity contribution in [1.82, 2.24) is 15.1 Å². The summed E-state index contributed by atoms with van der Waals surface area (Å²) in [7, 11) is 0. The second-order valence-electron chi connectivity index (χ2n) is 4.06. The molecule has 0 spiro atoms. The first-order valence-corrected chi connectivity index (χ1v) is 6.92. The van der Waals surface area contributed by atoms with E-state index < -0.39 is 0 Å². The number of rotatable bonds is 7. The maximum Gasteiger partial charge on any atom is 0.244 e. The van der Waals surface area contributed by atoms with Crippen LogP contribution in [0.4, 0.5) is 0 Å². The second-order valence-corrected chi connectivity index (χ2v) is 4.91. The summed E-state index contributed by atoms with van der Waals surface area (Å²) in [6.45, 7) is 7.70. The molecular weight excluding hydrogens is 298 g/mol. The quantitative estimate of drug-likeness (QED) is 0.783. The van der Waals surface area contributed by atoms with Crippen molar-refractivity contribution in [3.05, 3.63) is 16.4 Å². The molecule has 1 aromatic rings. The molecule has 1 atom stereocenters. The van der Waals surface area contributed by atoms with Gasteiger partial charge in [0, 0.05) is 26.0 Å². The maximum absolute atomic E-state index is 11.9. The van der Waals surface area contributed by atoms with Gasteiger partial charge in [-0.2, -0.15) is 5.10 Å². The lowest BCUT2D eigenvalue weighted by atomic mass is 10.3. The van der Waals surface area contributed by atoms with Gasteiger partial charge in [0.05, 0.1) is 10.2 Å². The van der Waals surface area contributed by atoms with Gasteiger partial charge in [-0.25, -0.2) is 0 Å². The fourth-order valence-corrected chi connectivity index (χ4v) is 1.74. The summed E-state index contributed by atoms with van der Waals surface area (Å²) in [5.74, 6) is -0.0264. The highest BCUT2D eigenvalue weighted by Crippen LogP contribution is 2.16. The van der Waals surface area contributed by atoms with Crippen LogP contribution in [0.25, 0.3) is 0 Å². The Bertz CT molecular complexity index is 373. The molecule has 18 heavy (non-hydrogen) atoms. The Labute approximate surface area is 116 Å². The Morgan fingerprint density at radius 1 is 1.67 bits per heavy atom. The van der Waals surface area contributed by atoms with Gasteiger partial charge < -0.3 is 10.1 Å². The van der Waals surface area contributed by atoms with Gasteiger partial charge in [0.15, 0.2) is 0 Å². The summed E-state index contributed by atoms with van der Waals surface area (Å²) >= 11 is 3.38. The zero-order valence-electron chi connectivity index (χ0n) is 11.1. The van der Waals surface area contributed by atoms with E-state index in [0.717, 1.165) is 16.6 Å². The SMILES string of the molecule is CCOCCCNC(=O)C(C)n1cc(Br)c(C)n1. The van der Waals surface area contributed by atoms with Crippen LogP contribution < -0.4 is 5.32 Å². The molecule has 1 N–H and O–H groups in total. The number of hydrogen-bond donors (Lipinski definition) is 1. The van der Waals surface area contributed by atoms with Crippen LogP contribution in [0, 0.1) is 6.92 Å². The van der Waals surface area contributed by atoms with Gasteiger partial charge in [-0.05, 0) is 43.1 Å². The third-order valence-electron chi connectivity index (χ3n) is 2.60. The van der Waals surface area contributed by atoms with E-state index >= 15 is 0 Å². The molecule has 1 heterocycles.